The molecule has 3 rings (SSSR count). The Morgan fingerprint density at radius 2 is 1.93 bits per heavy atom. The molecule has 1 aromatic carbocycles. The molecule has 1 aromatic rings. The van der Waals surface area contributed by atoms with Crippen molar-refractivity contribution in [1.29, 1.82) is 0 Å². The summed E-state index contributed by atoms with van der Waals surface area (Å²) < 4.78 is 31.0. The number of amides is 1. The second kappa shape index (κ2) is 8.39. The largest absolute Gasteiger partial charge is 0.452 e. The average Bonchev–Trinajstić information content (AvgIpc) is 2.71. The van der Waals surface area contributed by atoms with Gasteiger partial charge in [-0.15, -0.1) is 0 Å². The average molecular weight is 394 g/mol. The summed E-state index contributed by atoms with van der Waals surface area (Å²) in [6.07, 6.45) is 5.96. The fourth-order valence-electron chi connectivity index (χ4n) is 4.04. The van der Waals surface area contributed by atoms with Gasteiger partial charge in [-0.1, -0.05) is 25.3 Å². The van der Waals surface area contributed by atoms with Crippen LogP contribution in [0.3, 0.4) is 0 Å². The summed E-state index contributed by atoms with van der Waals surface area (Å²) in [4.78, 5) is 26.4. The number of hydrogen-bond acceptors (Lipinski definition) is 5. The molecular formula is C19H26N2O5S. The first-order chi connectivity index (χ1) is 12.9. The van der Waals surface area contributed by atoms with Crippen molar-refractivity contribution in [1.82, 2.24) is 9.62 Å². The van der Waals surface area contributed by atoms with Crippen LogP contribution < -0.4 is 4.72 Å². The minimum Gasteiger partial charge on any atom is -0.452 e. The van der Waals surface area contributed by atoms with Gasteiger partial charge in [0.15, 0.2) is 6.61 Å². The highest BCUT2D eigenvalue weighted by Crippen LogP contribution is 2.36. The normalized spacial score (nSPS) is 22.8. The van der Waals surface area contributed by atoms with Crippen molar-refractivity contribution in [2.75, 3.05) is 26.7 Å². The molecule has 0 radical (unpaired) electrons. The zero-order valence-electron chi connectivity index (χ0n) is 15.5. The summed E-state index contributed by atoms with van der Waals surface area (Å²) in [7, 11) is -2.35. The van der Waals surface area contributed by atoms with Gasteiger partial charge in [-0.05, 0) is 49.9 Å². The Hall–Kier alpha value is -1.93. The molecule has 2 atom stereocenters. The van der Waals surface area contributed by atoms with E-state index in [-0.39, 0.29) is 23.0 Å². The number of carbonyl (C=O) groups excluding carboxylic acids is 2. The van der Waals surface area contributed by atoms with Gasteiger partial charge < -0.3 is 9.64 Å². The minimum absolute atomic E-state index is 0.0230. The van der Waals surface area contributed by atoms with Crippen LogP contribution in [0.15, 0.2) is 29.2 Å². The number of fused-ring (bicyclic) bond motifs is 1. The number of rotatable bonds is 5. The Morgan fingerprint density at radius 1 is 1.19 bits per heavy atom. The molecule has 2 fully saturated rings. The first kappa shape index (κ1) is 19.8. The highest BCUT2D eigenvalue weighted by molar-refractivity contribution is 7.89. The molecule has 0 bridgehead atoms. The van der Waals surface area contributed by atoms with Crippen molar-refractivity contribution in [3.8, 4) is 0 Å². The van der Waals surface area contributed by atoms with Gasteiger partial charge in [0.1, 0.15) is 0 Å². The Balaban J connectivity index is 1.56. The number of nitrogens with zero attached hydrogens (tertiary/aromatic N) is 1. The standard InChI is InChI=1S/C19H26N2O5S/c1-20-27(24,25)17-8-4-7-15(11-17)19(23)26-13-18(22)21-10-9-14-5-2-3-6-16(14)12-21/h4,7-8,11,14,16,20H,2-3,5-6,9-10,12-13H2,1H3/t14-,16+/m1/s1. The minimum atomic E-state index is -3.65. The quantitative estimate of drug-likeness (QED) is 0.769. The second-order valence-corrected chi connectivity index (χ2v) is 9.13. The molecule has 1 N–H and O–H groups in total. The monoisotopic (exact) mass is 394 g/mol. The Bertz CT molecular complexity index is 808. The number of piperidine rings is 1. The third kappa shape index (κ3) is 4.68. The molecule has 1 amide bonds. The maximum absolute atomic E-state index is 12.4. The summed E-state index contributed by atoms with van der Waals surface area (Å²) >= 11 is 0. The van der Waals surface area contributed by atoms with Crippen molar-refractivity contribution >= 4 is 21.9 Å². The Morgan fingerprint density at radius 3 is 2.67 bits per heavy atom. The number of esters is 1. The number of likely N-dealkylation sites (tertiary alicyclic amines) is 1. The molecule has 1 saturated carbocycles. The molecule has 8 heteroatoms. The highest BCUT2D eigenvalue weighted by Gasteiger charge is 2.33. The van der Waals surface area contributed by atoms with Crippen molar-refractivity contribution in [3.63, 3.8) is 0 Å². The fraction of sp³-hybridized carbons (Fsp3) is 0.579. The molecule has 0 aromatic heterocycles. The predicted molar refractivity (Wildman–Crippen MR) is 99.6 cm³/mol. The molecule has 148 valence electrons. The molecule has 1 saturated heterocycles. The van der Waals surface area contributed by atoms with Gasteiger partial charge in [0, 0.05) is 13.1 Å². The van der Waals surface area contributed by atoms with Gasteiger partial charge >= 0.3 is 5.97 Å². The SMILES string of the molecule is CNS(=O)(=O)c1cccc(C(=O)OCC(=O)N2CC[C@H]3CCCC[C@H]3C2)c1. The van der Waals surface area contributed by atoms with Crippen LogP contribution in [0.1, 0.15) is 42.5 Å². The first-order valence-corrected chi connectivity index (χ1v) is 10.9. The summed E-state index contributed by atoms with van der Waals surface area (Å²) in [5, 5.41) is 0. The molecule has 7 nitrogen and oxygen atoms in total. The molecule has 27 heavy (non-hydrogen) atoms. The third-order valence-electron chi connectivity index (χ3n) is 5.62. The van der Waals surface area contributed by atoms with Crippen LogP contribution in [0.5, 0.6) is 0 Å². The van der Waals surface area contributed by atoms with E-state index in [1.807, 2.05) is 0 Å². The number of benzene rings is 1. The zero-order valence-corrected chi connectivity index (χ0v) is 16.3. The number of sulfonamides is 1. The summed E-state index contributed by atoms with van der Waals surface area (Å²) in [6.45, 7) is 1.14. The molecule has 1 heterocycles. The van der Waals surface area contributed by atoms with Crippen LogP contribution in [0, 0.1) is 11.8 Å². The van der Waals surface area contributed by atoms with E-state index in [0.29, 0.717) is 12.5 Å². The molecular weight excluding hydrogens is 368 g/mol. The summed E-state index contributed by atoms with van der Waals surface area (Å²) in [6, 6.07) is 5.57. The van der Waals surface area contributed by atoms with E-state index in [4.69, 9.17) is 4.74 Å². The maximum Gasteiger partial charge on any atom is 0.338 e. The van der Waals surface area contributed by atoms with Gasteiger partial charge in [0.25, 0.3) is 5.91 Å². The number of carbonyl (C=O) groups is 2. The lowest BCUT2D eigenvalue weighted by molar-refractivity contribution is -0.137. The van der Waals surface area contributed by atoms with Crippen molar-refractivity contribution in [2.24, 2.45) is 11.8 Å². The van der Waals surface area contributed by atoms with Gasteiger partial charge in [-0.3, -0.25) is 4.79 Å². The molecule has 1 aliphatic heterocycles. The van der Waals surface area contributed by atoms with Gasteiger partial charge in [0.05, 0.1) is 10.5 Å². The molecule has 2 aliphatic rings. The van der Waals surface area contributed by atoms with Crippen molar-refractivity contribution in [2.45, 2.75) is 37.0 Å². The second-order valence-electron chi connectivity index (χ2n) is 7.24. The van der Waals surface area contributed by atoms with E-state index < -0.39 is 16.0 Å². The van der Waals surface area contributed by atoms with Crippen LogP contribution in [0.4, 0.5) is 0 Å². The van der Waals surface area contributed by atoms with Gasteiger partial charge in [-0.2, -0.15) is 0 Å². The lowest BCUT2D eigenvalue weighted by Crippen LogP contribution is -2.46. The van der Waals surface area contributed by atoms with E-state index in [1.54, 1.807) is 4.90 Å². The fourth-order valence-corrected chi connectivity index (χ4v) is 4.81. The third-order valence-corrected chi connectivity index (χ3v) is 7.03. The topological polar surface area (TPSA) is 92.8 Å². The number of nitrogens with one attached hydrogen (secondary N) is 1. The van der Waals surface area contributed by atoms with Gasteiger partial charge in [0.2, 0.25) is 10.0 Å². The van der Waals surface area contributed by atoms with Crippen molar-refractivity contribution in [3.05, 3.63) is 29.8 Å². The van der Waals surface area contributed by atoms with E-state index >= 15 is 0 Å². The number of hydrogen-bond donors (Lipinski definition) is 1. The highest BCUT2D eigenvalue weighted by atomic mass is 32.2. The van der Waals surface area contributed by atoms with Crippen LogP contribution in [0.25, 0.3) is 0 Å². The zero-order chi connectivity index (χ0) is 19.4. The van der Waals surface area contributed by atoms with E-state index in [0.717, 1.165) is 18.9 Å². The van der Waals surface area contributed by atoms with Crippen LogP contribution in [0.2, 0.25) is 0 Å². The lowest BCUT2D eigenvalue weighted by Gasteiger charge is -2.41. The summed E-state index contributed by atoms with van der Waals surface area (Å²) in [5.74, 6) is 0.397. The van der Waals surface area contributed by atoms with E-state index in [2.05, 4.69) is 4.72 Å². The van der Waals surface area contributed by atoms with E-state index in [1.165, 1.54) is 57.0 Å². The molecule has 1 aliphatic carbocycles. The maximum atomic E-state index is 12.4. The van der Waals surface area contributed by atoms with Gasteiger partial charge in [-0.25, -0.2) is 17.9 Å². The van der Waals surface area contributed by atoms with Crippen LogP contribution in [-0.2, 0) is 19.6 Å². The van der Waals surface area contributed by atoms with E-state index in [9.17, 15) is 18.0 Å². The Labute approximate surface area is 160 Å². The van der Waals surface area contributed by atoms with Crippen LogP contribution in [-0.4, -0.2) is 51.9 Å². The molecule has 0 spiro atoms. The first-order valence-electron chi connectivity index (χ1n) is 9.39. The summed E-state index contributed by atoms with van der Waals surface area (Å²) in [5.41, 5.74) is 0.102. The van der Waals surface area contributed by atoms with Crippen LogP contribution >= 0.6 is 0 Å². The number of ether oxygens (including phenoxy) is 1. The Kier molecular flexibility index (Phi) is 6.16. The molecule has 0 unspecified atom stereocenters. The predicted octanol–water partition coefficient (Wildman–Crippen LogP) is 1.79. The smallest absolute Gasteiger partial charge is 0.338 e. The lowest BCUT2D eigenvalue weighted by atomic mass is 9.75. The van der Waals surface area contributed by atoms with Crippen molar-refractivity contribution < 1.29 is 22.7 Å².